The molecule has 0 spiro atoms. The van der Waals surface area contributed by atoms with Crippen molar-refractivity contribution in [2.24, 2.45) is 5.92 Å². The van der Waals surface area contributed by atoms with Crippen molar-refractivity contribution in [1.82, 2.24) is 24.8 Å². The van der Waals surface area contributed by atoms with Crippen LogP contribution in [-0.4, -0.2) is 56.9 Å². The lowest BCUT2D eigenvalue weighted by Gasteiger charge is -2.32. The Hall–Kier alpha value is -3.77. The van der Waals surface area contributed by atoms with Crippen LogP contribution in [-0.2, 0) is 15.7 Å². The van der Waals surface area contributed by atoms with E-state index < -0.39 is 18.0 Å². The number of hydrogen-bond acceptors (Lipinski definition) is 8. The average Bonchev–Trinajstić information content (AvgIpc) is 3.22. The normalized spacial score (nSPS) is 14.9. The van der Waals surface area contributed by atoms with Crippen LogP contribution in [0, 0.1) is 19.8 Å². The lowest BCUT2D eigenvalue weighted by Crippen LogP contribution is -2.39. The molecule has 3 aromatic heterocycles. The SMILES string of the molecule is COC(=O)c1c(C)cc(NC(=O)C2CCN(c3ccc4nnc(C(F)(F)F)n4n3)CC2)nc1C. The third-order valence-electron chi connectivity index (χ3n) is 5.73. The van der Waals surface area contributed by atoms with E-state index in [2.05, 4.69) is 25.6 Å². The fourth-order valence-electron chi connectivity index (χ4n) is 4.03. The van der Waals surface area contributed by atoms with Gasteiger partial charge in [-0.25, -0.2) is 9.78 Å². The van der Waals surface area contributed by atoms with Crippen molar-refractivity contribution in [2.75, 3.05) is 30.4 Å². The van der Waals surface area contributed by atoms with Crippen molar-refractivity contribution in [3.8, 4) is 0 Å². The van der Waals surface area contributed by atoms with Gasteiger partial charge in [0.15, 0.2) is 5.65 Å². The van der Waals surface area contributed by atoms with Crippen LogP contribution in [0.15, 0.2) is 18.2 Å². The number of carbonyl (C=O) groups excluding carboxylic acids is 2. The second-order valence-electron chi connectivity index (χ2n) is 8.01. The molecule has 4 heterocycles. The number of amides is 1. The Morgan fingerprint density at radius 3 is 2.47 bits per heavy atom. The zero-order valence-corrected chi connectivity index (χ0v) is 18.7. The summed E-state index contributed by atoms with van der Waals surface area (Å²) in [6.07, 6.45) is -3.70. The molecule has 1 fully saturated rings. The standard InChI is InChI=1S/C21H22F3N7O3/c1-11-10-14(25-12(2)17(11)19(33)34-3)26-18(32)13-6-8-30(9-7-13)16-5-4-15-27-28-20(21(22,23)24)31(15)29-16/h4-5,10,13H,6-9H2,1-3H3,(H,25,26,32). The molecule has 0 aromatic carbocycles. The van der Waals surface area contributed by atoms with Crippen molar-refractivity contribution < 1.29 is 27.5 Å². The number of nitrogens with one attached hydrogen (secondary N) is 1. The second kappa shape index (κ2) is 8.88. The van der Waals surface area contributed by atoms with Gasteiger partial charge in [-0.3, -0.25) is 4.79 Å². The van der Waals surface area contributed by atoms with Gasteiger partial charge in [0.25, 0.3) is 5.82 Å². The van der Waals surface area contributed by atoms with Crippen LogP contribution in [0.2, 0.25) is 0 Å². The molecular formula is C21H22F3N7O3. The Morgan fingerprint density at radius 2 is 1.85 bits per heavy atom. The van der Waals surface area contributed by atoms with Crippen molar-refractivity contribution in [2.45, 2.75) is 32.9 Å². The Bertz CT molecular complexity index is 1230. The number of rotatable bonds is 4. The lowest BCUT2D eigenvalue weighted by atomic mass is 9.96. The molecule has 34 heavy (non-hydrogen) atoms. The number of nitrogens with zero attached hydrogens (tertiary/aromatic N) is 6. The van der Waals surface area contributed by atoms with Gasteiger partial charge in [-0.05, 0) is 50.5 Å². The molecule has 4 rings (SSSR count). The van der Waals surface area contributed by atoms with Crippen molar-refractivity contribution in [3.63, 3.8) is 0 Å². The highest BCUT2D eigenvalue weighted by Crippen LogP contribution is 2.29. The van der Waals surface area contributed by atoms with E-state index in [0.29, 0.717) is 58.9 Å². The number of ether oxygens (including phenoxy) is 1. The maximum atomic E-state index is 13.1. The smallest absolute Gasteiger partial charge is 0.453 e. The Balaban J connectivity index is 1.42. The number of anilines is 2. The molecular weight excluding hydrogens is 455 g/mol. The van der Waals surface area contributed by atoms with Gasteiger partial charge in [-0.2, -0.15) is 17.7 Å². The molecule has 0 unspecified atom stereocenters. The third kappa shape index (κ3) is 4.50. The fraction of sp³-hybridized carbons (Fsp3) is 0.429. The third-order valence-corrected chi connectivity index (χ3v) is 5.73. The summed E-state index contributed by atoms with van der Waals surface area (Å²) in [5.74, 6) is -1.50. The first kappa shape index (κ1) is 23.4. The predicted octanol–water partition coefficient (Wildman–Crippen LogP) is 2.80. The van der Waals surface area contributed by atoms with Crippen LogP contribution in [0.1, 0.15) is 40.3 Å². The maximum Gasteiger partial charge on any atom is 0.453 e. The maximum absolute atomic E-state index is 13.1. The quantitative estimate of drug-likeness (QED) is 0.571. The van der Waals surface area contributed by atoms with E-state index in [4.69, 9.17) is 4.74 Å². The topological polar surface area (TPSA) is 115 Å². The first-order chi connectivity index (χ1) is 16.1. The highest BCUT2D eigenvalue weighted by molar-refractivity contribution is 5.94. The van der Waals surface area contributed by atoms with Gasteiger partial charge in [0.1, 0.15) is 11.6 Å². The molecule has 1 aliphatic rings. The zero-order chi connectivity index (χ0) is 24.6. The zero-order valence-electron chi connectivity index (χ0n) is 18.7. The summed E-state index contributed by atoms with van der Waals surface area (Å²) >= 11 is 0. The summed E-state index contributed by atoms with van der Waals surface area (Å²) in [5.41, 5.74) is 1.45. The van der Waals surface area contributed by atoms with Gasteiger partial charge < -0.3 is 15.0 Å². The van der Waals surface area contributed by atoms with E-state index in [9.17, 15) is 22.8 Å². The Kier molecular flexibility index (Phi) is 6.11. The van der Waals surface area contributed by atoms with Crippen LogP contribution in [0.5, 0.6) is 0 Å². The number of alkyl halides is 3. The van der Waals surface area contributed by atoms with Gasteiger partial charge in [0, 0.05) is 19.0 Å². The van der Waals surface area contributed by atoms with Crippen molar-refractivity contribution in [1.29, 1.82) is 0 Å². The second-order valence-corrected chi connectivity index (χ2v) is 8.01. The number of aryl methyl sites for hydroxylation is 2. The van der Waals surface area contributed by atoms with Gasteiger partial charge >= 0.3 is 12.1 Å². The molecule has 0 radical (unpaired) electrons. The number of pyridine rings is 1. The number of piperidine rings is 1. The molecule has 0 atom stereocenters. The monoisotopic (exact) mass is 477 g/mol. The van der Waals surface area contributed by atoms with Gasteiger partial charge in [-0.15, -0.1) is 15.3 Å². The van der Waals surface area contributed by atoms with E-state index >= 15 is 0 Å². The summed E-state index contributed by atoms with van der Waals surface area (Å²) in [5, 5.41) is 13.5. The first-order valence-corrected chi connectivity index (χ1v) is 10.5. The number of aromatic nitrogens is 5. The number of esters is 1. The molecule has 0 aliphatic carbocycles. The molecule has 3 aromatic rings. The lowest BCUT2D eigenvalue weighted by molar-refractivity contribution is -0.146. The largest absolute Gasteiger partial charge is 0.465 e. The Morgan fingerprint density at radius 1 is 1.15 bits per heavy atom. The number of methoxy groups -OCH3 is 1. The molecule has 0 saturated carbocycles. The summed E-state index contributed by atoms with van der Waals surface area (Å²) < 4.78 is 44.8. The highest BCUT2D eigenvalue weighted by Gasteiger charge is 2.38. The number of fused-ring (bicyclic) bond motifs is 1. The molecule has 1 N–H and O–H groups in total. The minimum atomic E-state index is -4.67. The van der Waals surface area contributed by atoms with Crippen LogP contribution in [0.25, 0.3) is 5.65 Å². The van der Waals surface area contributed by atoms with E-state index in [-0.39, 0.29) is 17.5 Å². The minimum absolute atomic E-state index is 0.00152. The highest BCUT2D eigenvalue weighted by atomic mass is 19.4. The van der Waals surface area contributed by atoms with E-state index in [1.54, 1.807) is 26.0 Å². The number of carbonyl (C=O) groups is 2. The summed E-state index contributed by atoms with van der Waals surface area (Å²) in [4.78, 5) is 30.8. The number of halogens is 3. The summed E-state index contributed by atoms with van der Waals surface area (Å²) in [6, 6.07) is 4.63. The minimum Gasteiger partial charge on any atom is -0.465 e. The molecule has 1 amide bonds. The van der Waals surface area contributed by atoms with Gasteiger partial charge in [0.05, 0.1) is 18.4 Å². The summed E-state index contributed by atoms with van der Waals surface area (Å²) in [7, 11) is 1.29. The van der Waals surface area contributed by atoms with E-state index in [1.807, 2.05) is 4.90 Å². The molecule has 1 aliphatic heterocycles. The fourth-order valence-corrected chi connectivity index (χ4v) is 4.03. The molecule has 180 valence electrons. The van der Waals surface area contributed by atoms with Gasteiger partial charge in [0.2, 0.25) is 5.91 Å². The molecule has 10 nitrogen and oxygen atoms in total. The van der Waals surface area contributed by atoms with E-state index in [0.717, 1.165) is 0 Å². The predicted molar refractivity (Wildman–Crippen MR) is 114 cm³/mol. The molecule has 0 bridgehead atoms. The molecule has 13 heteroatoms. The summed E-state index contributed by atoms with van der Waals surface area (Å²) in [6.45, 7) is 4.27. The van der Waals surface area contributed by atoms with Crippen LogP contribution in [0.4, 0.5) is 24.8 Å². The first-order valence-electron chi connectivity index (χ1n) is 10.5. The van der Waals surface area contributed by atoms with Gasteiger partial charge in [-0.1, -0.05) is 0 Å². The van der Waals surface area contributed by atoms with Crippen LogP contribution >= 0.6 is 0 Å². The Labute approximate surface area is 192 Å². The average molecular weight is 477 g/mol. The van der Waals surface area contributed by atoms with Crippen LogP contribution < -0.4 is 10.2 Å². The van der Waals surface area contributed by atoms with E-state index in [1.165, 1.54) is 13.2 Å². The molecule has 1 saturated heterocycles. The van der Waals surface area contributed by atoms with Crippen molar-refractivity contribution in [3.05, 3.63) is 40.8 Å². The van der Waals surface area contributed by atoms with Crippen molar-refractivity contribution >= 4 is 29.2 Å². The number of hydrogen-bond donors (Lipinski definition) is 1. The van der Waals surface area contributed by atoms with Crippen LogP contribution in [0.3, 0.4) is 0 Å².